The van der Waals surface area contributed by atoms with Gasteiger partial charge in [0, 0.05) is 11.8 Å². The van der Waals surface area contributed by atoms with Crippen LogP contribution in [0.15, 0.2) is 47.5 Å². The topological polar surface area (TPSA) is 32.6 Å². The third kappa shape index (κ3) is 3.53. The van der Waals surface area contributed by atoms with E-state index in [1.165, 1.54) is 31.2 Å². The first-order valence-electron chi connectivity index (χ1n) is 8.92. The zero-order valence-corrected chi connectivity index (χ0v) is 14.9. The molecule has 2 heteroatoms. The molecule has 2 aromatic rings. The number of phenols is 1. The summed E-state index contributed by atoms with van der Waals surface area (Å²) >= 11 is 0. The third-order valence-corrected chi connectivity index (χ3v) is 4.95. The van der Waals surface area contributed by atoms with Gasteiger partial charge in [0.2, 0.25) is 0 Å². The molecule has 0 spiro atoms. The summed E-state index contributed by atoms with van der Waals surface area (Å²) in [5.41, 5.74) is 4.03. The van der Waals surface area contributed by atoms with Crippen LogP contribution < -0.4 is 0 Å². The molecule has 3 rings (SSSR count). The number of aromatic hydroxyl groups is 1. The molecule has 0 amide bonds. The number of benzene rings is 2. The Balaban J connectivity index is 1.92. The first-order valence-corrected chi connectivity index (χ1v) is 8.92. The second kappa shape index (κ2) is 6.80. The van der Waals surface area contributed by atoms with Crippen LogP contribution in [0, 0.1) is 0 Å². The highest BCUT2D eigenvalue weighted by atomic mass is 16.3. The molecule has 126 valence electrons. The maximum absolute atomic E-state index is 10.6. The molecule has 2 aromatic carbocycles. The molecule has 2 nitrogen and oxygen atoms in total. The average Bonchev–Trinajstić information content (AvgIpc) is 3.07. The van der Waals surface area contributed by atoms with Gasteiger partial charge in [-0.15, -0.1) is 0 Å². The number of phenolic OH excluding ortho intramolecular Hbond substituents is 1. The summed E-state index contributed by atoms with van der Waals surface area (Å²) in [5.74, 6) is 0.972. The van der Waals surface area contributed by atoms with Crippen molar-refractivity contribution in [3.63, 3.8) is 0 Å². The van der Waals surface area contributed by atoms with E-state index in [1.807, 2.05) is 24.3 Å². The summed E-state index contributed by atoms with van der Waals surface area (Å²) in [6.45, 7) is 6.33. The first kappa shape index (κ1) is 16.8. The van der Waals surface area contributed by atoms with Crippen molar-refractivity contribution in [3.05, 3.63) is 59.2 Å². The maximum Gasteiger partial charge on any atom is 0.128 e. The molecule has 0 unspecified atom stereocenters. The summed E-state index contributed by atoms with van der Waals surface area (Å²) in [7, 11) is 0. The minimum Gasteiger partial charge on any atom is -0.507 e. The van der Waals surface area contributed by atoms with Crippen molar-refractivity contribution >= 4 is 11.9 Å². The molecule has 0 saturated heterocycles. The molecule has 24 heavy (non-hydrogen) atoms. The van der Waals surface area contributed by atoms with Crippen molar-refractivity contribution in [2.24, 2.45) is 4.99 Å². The van der Waals surface area contributed by atoms with Crippen molar-refractivity contribution in [2.45, 2.75) is 57.8 Å². The Morgan fingerprint density at radius 1 is 1.00 bits per heavy atom. The molecule has 0 radical (unpaired) electrons. The Bertz CT molecular complexity index is 734. The largest absolute Gasteiger partial charge is 0.507 e. The number of aliphatic imine (C=N–C) groups is 1. The monoisotopic (exact) mass is 321 g/mol. The summed E-state index contributed by atoms with van der Waals surface area (Å²) in [6, 6.07) is 14.3. The SMILES string of the molecule is CC(C)(C)c1cccc(C=Nc2ccccc2C2CCCC2)c1O. The highest BCUT2D eigenvalue weighted by Crippen LogP contribution is 2.39. The Hall–Kier alpha value is -2.09. The molecule has 1 saturated carbocycles. The van der Waals surface area contributed by atoms with Crippen molar-refractivity contribution < 1.29 is 5.11 Å². The Morgan fingerprint density at radius 3 is 2.42 bits per heavy atom. The third-order valence-electron chi connectivity index (χ3n) is 4.95. The van der Waals surface area contributed by atoms with Gasteiger partial charge in [0.05, 0.1) is 5.69 Å². The molecular weight excluding hydrogens is 294 g/mol. The smallest absolute Gasteiger partial charge is 0.128 e. The van der Waals surface area contributed by atoms with E-state index < -0.39 is 0 Å². The lowest BCUT2D eigenvalue weighted by molar-refractivity contribution is 0.446. The van der Waals surface area contributed by atoms with Gasteiger partial charge in [-0.1, -0.05) is 63.9 Å². The maximum atomic E-state index is 10.6. The second-order valence-corrected chi connectivity index (χ2v) is 7.79. The Labute approximate surface area is 145 Å². The fraction of sp³-hybridized carbons (Fsp3) is 0.409. The minimum absolute atomic E-state index is 0.0876. The van der Waals surface area contributed by atoms with Crippen LogP contribution in [0.5, 0.6) is 5.75 Å². The fourth-order valence-corrected chi connectivity index (χ4v) is 3.60. The van der Waals surface area contributed by atoms with Crippen LogP contribution in [0.1, 0.15) is 69.1 Å². The van der Waals surface area contributed by atoms with Gasteiger partial charge in [-0.25, -0.2) is 0 Å². The zero-order valence-electron chi connectivity index (χ0n) is 14.9. The highest BCUT2D eigenvalue weighted by molar-refractivity contribution is 5.86. The number of hydrogen-bond donors (Lipinski definition) is 1. The van der Waals surface area contributed by atoms with Crippen LogP contribution in [0.4, 0.5) is 5.69 Å². The van der Waals surface area contributed by atoms with E-state index in [2.05, 4.69) is 39.0 Å². The van der Waals surface area contributed by atoms with Crippen LogP contribution in [0.2, 0.25) is 0 Å². The van der Waals surface area contributed by atoms with Crippen molar-refractivity contribution in [2.75, 3.05) is 0 Å². The molecule has 0 aliphatic heterocycles. The number of hydrogen-bond acceptors (Lipinski definition) is 2. The van der Waals surface area contributed by atoms with E-state index in [1.54, 1.807) is 6.21 Å². The second-order valence-electron chi connectivity index (χ2n) is 7.79. The van der Waals surface area contributed by atoms with Gasteiger partial charge in [-0.05, 0) is 47.4 Å². The van der Waals surface area contributed by atoms with E-state index in [0.29, 0.717) is 11.7 Å². The molecule has 0 aromatic heterocycles. The summed E-state index contributed by atoms with van der Waals surface area (Å²) in [4.78, 5) is 4.72. The minimum atomic E-state index is -0.0876. The van der Waals surface area contributed by atoms with E-state index in [9.17, 15) is 5.11 Å². The molecule has 1 aliphatic carbocycles. The summed E-state index contributed by atoms with van der Waals surface area (Å²) in [6.07, 6.45) is 6.96. The highest BCUT2D eigenvalue weighted by Gasteiger charge is 2.20. The molecular formula is C22H27NO. The zero-order chi connectivity index (χ0) is 17.2. The summed E-state index contributed by atoms with van der Waals surface area (Å²) < 4.78 is 0. The summed E-state index contributed by atoms with van der Waals surface area (Å²) in [5, 5.41) is 10.6. The Morgan fingerprint density at radius 2 is 1.71 bits per heavy atom. The van der Waals surface area contributed by atoms with Gasteiger partial charge >= 0.3 is 0 Å². The first-order chi connectivity index (χ1) is 11.5. The van der Waals surface area contributed by atoms with Gasteiger partial charge < -0.3 is 5.11 Å². The number of rotatable bonds is 3. The van der Waals surface area contributed by atoms with Gasteiger partial charge in [0.15, 0.2) is 0 Å². The van der Waals surface area contributed by atoms with Crippen molar-refractivity contribution in [1.29, 1.82) is 0 Å². The van der Waals surface area contributed by atoms with Crippen LogP contribution in [-0.4, -0.2) is 11.3 Å². The van der Waals surface area contributed by atoms with Crippen molar-refractivity contribution in [3.8, 4) is 5.75 Å². The lowest BCUT2D eigenvalue weighted by Gasteiger charge is -2.21. The number of para-hydroxylation sites is 2. The van der Waals surface area contributed by atoms with Gasteiger partial charge in [0.1, 0.15) is 5.75 Å². The molecule has 0 heterocycles. The van der Waals surface area contributed by atoms with Crippen molar-refractivity contribution in [1.82, 2.24) is 0 Å². The predicted octanol–water partition coefficient (Wildman–Crippen LogP) is 6.10. The van der Waals surface area contributed by atoms with Crippen LogP contribution in [0.3, 0.4) is 0 Å². The molecule has 1 fully saturated rings. The predicted molar refractivity (Wildman–Crippen MR) is 102 cm³/mol. The molecule has 0 atom stereocenters. The van der Waals surface area contributed by atoms with E-state index >= 15 is 0 Å². The van der Waals surface area contributed by atoms with Crippen LogP contribution in [0.25, 0.3) is 0 Å². The lowest BCUT2D eigenvalue weighted by Crippen LogP contribution is -2.11. The number of nitrogens with zero attached hydrogens (tertiary/aromatic N) is 1. The van der Waals surface area contributed by atoms with Crippen LogP contribution >= 0.6 is 0 Å². The lowest BCUT2D eigenvalue weighted by atomic mass is 9.85. The normalized spacial score (nSPS) is 16.1. The Kier molecular flexibility index (Phi) is 4.75. The molecule has 0 bridgehead atoms. The molecule has 1 aliphatic rings. The van der Waals surface area contributed by atoms with Gasteiger partial charge in [-0.3, -0.25) is 4.99 Å². The average molecular weight is 321 g/mol. The van der Waals surface area contributed by atoms with E-state index in [0.717, 1.165) is 16.8 Å². The van der Waals surface area contributed by atoms with Crippen LogP contribution in [-0.2, 0) is 5.41 Å². The van der Waals surface area contributed by atoms with E-state index in [-0.39, 0.29) is 5.41 Å². The van der Waals surface area contributed by atoms with Gasteiger partial charge in [0.25, 0.3) is 0 Å². The quantitative estimate of drug-likeness (QED) is 0.681. The standard InChI is InChI=1S/C22H27NO/c1-22(2,3)19-13-8-11-17(21(19)24)15-23-20-14-7-6-12-18(20)16-9-4-5-10-16/h6-8,11-16,24H,4-5,9-10H2,1-3H3. The molecule has 1 N–H and O–H groups in total. The van der Waals surface area contributed by atoms with Gasteiger partial charge in [-0.2, -0.15) is 0 Å². The van der Waals surface area contributed by atoms with E-state index in [4.69, 9.17) is 4.99 Å². The fourth-order valence-electron chi connectivity index (χ4n) is 3.60.